The molecular weight excluding hydrogens is 372 g/mol. The molecule has 1 aromatic rings. The molecule has 1 heterocycles. The molecule has 1 saturated heterocycles. The van der Waals surface area contributed by atoms with Gasteiger partial charge in [0.2, 0.25) is 11.8 Å². The van der Waals surface area contributed by atoms with Gasteiger partial charge in [0.1, 0.15) is 6.04 Å². The van der Waals surface area contributed by atoms with E-state index in [-0.39, 0.29) is 41.5 Å². The first-order valence-electron chi connectivity index (χ1n) is 10.3. The van der Waals surface area contributed by atoms with E-state index in [0.717, 1.165) is 29.7 Å². The van der Waals surface area contributed by atoms with Gasteiger partial charge in [0, 0.05) is 0 Å². The zero-order valence-electron chi connectivity index (χ0n) is 16.7. The highest BCUT2D eigenvalue weighted by atomic mass is 16.5. The number of nitrogens with zero attached hydrogens (tertiary/aromatic N) is 1. The normalized spacial score (nSPS) is 29.5. The van der Waals surface area contributed by atoms with Crippen molar-refractivity contribution in [2.24, 2.45) is 23.7 Å². The van der Waals surface area contributed by atoms with Crippen molar-refractivity contribution in [3.8, 4) is 0 Å². The van der Waals surface area contributed by atoms with Crippen LogP contribution in [0.4, 0.5) is 0 Å². The smallest absolute Gasteiger partial charge is 0.329 e. The summed E-state index contributed by atoms with van der Waals surface area (Å²) in [6, 6.07) is 8.20. The highest BCUT2D eigenvalue weighted by Crippen LogP contribution is 2.56. The van der Waals surface area contributed by atoms with Crippen molar-refractivity contribution in [2.45, 2.75) is 45.2 Å². The molecule has 0 unspecified atom stereocenters. The molecule has 154 valence electrons. The van der Waals surface area contributed by atoms with Crippen molar-refractivity contribution in [3.63, 3.8) is 0 Å². The number of amides is 3. The van der Waals surface area contributed by atoms with Crippen LogP contribution in [0.15, 0.2) is 30.3 Å². The molecule has 2 bridgehead atoms. The minimum absolute atomic E-state index is 0.226. The van der Waals surface area contributed by atoms with Gasteiger partial charge in [-0.05, 0) is 50.5 Å². The molecule has 7 heteroatoms. The van der Waals surface area contributed by atoms with Gasteiger partial charge in [-0.25, -0.2) is 4.79 Å². The Hall–Kier alpha value is -2.70. The van der Waals surface area contributed by atoms with Crippen LogP contribution in [0, 0.1) is 23.7 Å². The summed E-state index contributed by atoms with van der Waals surface area (Å²) in [5.74, 6) is -1.69. The lowest BCUT2D eigenvalue weighted by atomic mass is 9.81. The fraction of sp³-hybridized carbons (Fsp3) is 0.545. The molecule has 4 rings (SSSR count). The number of imide groups is 1. The third-order valence-corrected chi connectivity index (χ3v) is 6.71. The number of ether oxygens (including phenoxy) is 1. The first-order valence-corrected chi connectivity index (χ1v) is 10.3. The van der Waals surface area contributed by atoms with Crippen LogP contribution in [-0.4, -0.2) is 41.2 Å². The predicted molar refractivity (Wildman–Crippen MR) is 103 cm³/mol. The molecule has 2 saturated carbocycles. The lowest BCUT2D eigenvalue weighted by Gasteiger charge is -2.23. The van der Waals surface area contributed by atoms with Crippen molar-refractivity contribution in [2.75, 3.05) is 6.61 Å². The van der Waals surface area contributed by atoms with E-state index in [9.17, 15) is 19.2 Å². The lowest BCUT2D eigenvalue weighted by molar-refractivity contribution is -0.160. The first kappa shape index (κ1) is 19.6. The summed E-state index contributed by atoms with van der Waals surface area (Å²) in [7, 11) is 0. The Kier molecular flexibility index (Phi) is 5.15. The van der Waals surface area contributed by atoms with E-state index in [1.165, 1.54) is 6.92 Å². The van der Waals surface area contributed by atoms with E-state index in [4.69, 9.17) is 4.74 Å². The number of likely N-dealkylation sites (tertiary alicyclic amines) is 1. The largest absolute Gasteiger partial charge is 0.454 e. The minimum Gasteiger partial charge on any atom is -0.454 e. The van der Waals surface area contributed by atoms with Crippen molar-refractivity contribution in [1.82, 2.24) is 10.2 Å². The van der Waals surface area contributed by atoms with Crippen molar-refractivity contribution in [3.05, 3.63) is 35.9 Å². The van der Waals surface area contributed by atoms with Crippen LogP contribution in [-0.2, 0) is 23.9 Å². The number of nitrogens with one attached hydrogen (secondary N) is 1. The van der Waals surface area contributed by atoms with E-state index in [1.54, 1.807) is 0 Å². The van der Waals surface area contributed by atoms with Gasteiger partial charge in [0.05, 0.1) is 17.9 Å². The molecule has 1 N–H and O–H groups in total. The first-order chi connectivity index (χ1) is 13.9. The topological polar surface area (TPSA) is 92.8 Å². The Balaban J connectivity index is 1.31. The van der Waals surface area contributed by atoms with E-state index in [2.05, 4.69) is 5.32 Å². The lowest BCUT2D eigenvalue weighted by Crippen LogP contribution is -2.46. The van der Waals surface area contributed by atoms with E-state index in [0.29, 0.717) is 0 Å². The number of fused-ring (bicyclic) bond motifs is 5. The molecular formula is C22H26N2O5. The summed E-state index contributed by atoms with van der Waals surface area (Å²) in [6.07, 6.45) is 2.91. The maximum absolute atomic E-state index is 12.8. The van der Waals surface area contributed by atoms with Gasteiger partial charge < -0.3 is 10.1 Å². The molecule has 0 aromatic heterocycles. The maximum Gasteiger partial charge on any atom is 0.329 e. The van der Waals surface area contributed by atoms with Gasteiger partial charge in [0.25, 0.3) is 5.91 Å². The van der Waals surface area contributed by atoms with Gasteiger partial charge in [-0.3, -0.25) is 19.3 Å². The summed E-state index contributed by atoms with van der Waals surface area (Å²) in [6.45, 7) is 2.88. The zero-order chi connectivity index (χ0) is 20.7. The van der Waals surface area contributed by atoms with Gasteiger partial charge in [-0.2, -0.15) is 0 Å². The number of hydrogen-bond donors (Lipinski definition) is 1. The molecule has 0 spiro atoms. The Bertz CT molecular complexity index is 811. The number of carbonyl (C=O) groups is 4. The summed E-state index contributed by atoms with van der Waals surface area (Å²) in [5, 5.41) is 2.77. The van der Waals surface area contributed by atoms with Gasteiger partial charge in [-0.1, -0.05) is 30.3 Å². The van der Waals surface area contributed by atoms with Crippen LogP contribution < -0.4 is 5.32 Å². The number of rotatable bonds is 6. The monoisotopic (exact) mass is 398 g/mol. The second-order valence-electron chi connectivity index (χ2n) is 8.41. The van der Waals surface area contributed by atoms with Crippen LogP contribution in [0.25, 0.3) is 0 Å². The van der Waals surface area contributed by atoms with E-state index >= 15 is 0 Å². The summed E-state index contributed by atoms with van der Waals surface area (Å²) in [5.41, 5.74) is 0.940. The Morgan fingerprint density at radius 3 is 2.24 bits per heavy atom. The average Bonchev–Trinajstić information content (AvgIpc) is 3.40. The molecule has 0 radical (unpaired) electrons. The van der Waals surface area contributed by atoms with Crippen LogP contribution in [0.3, 0.4) is 0 Å². The number of benzene rings is 1. The van der Waals surface area contributed by atoms with Crippen molar-refractivity contribution >= 4 is 23.7 Å². The fourth-order valence-electron chi connectivity index (χ4n) is 5.28. The molecule has 3 aliphatic rings. The van der Waals surface area contributed by atoms with Crippen molar-refractivity contribution in [1.29, 1.82) is 0 Å². The number of hydrogen-bond acceptors (Lipinski definition) is 5. The van der Waals surface area contributed by atoms with Gasteiger partial charge >= 0.3 is 5.97 Å². The second-order valence-corrected chi connectivity index (χ2v) is 8.41. The van der Waals surface area contributed by atoms with Crippen LogP contribution >= 0.6 is 0 Å². The maximum atomic E-state index is 12.8. The van der Waals surface area contributed by atoms with E-state index in [1.807, 2.05) is 37.3 Å². The fourth-order valence-corrected chi connectivity index (χ4v) is 5.28. The SMILES string of the molecule is C[C@H](NC(=O)COC(=O)[C@H](C)N1C(=O)[C@H]2[C@H]3CC[C@@H](C3)[C@@H]2C1=O)c1ccccc1. The summed E-state index contributed by atoms with van der Waals surface area (Å²) < 4.78 is 5.11. The zero-order valence-corrected chi connectivity index (χ0v) is 16.7. The predicted octanol–water partition coefficient (Wildman–Crippen LogP) is 1.83. The Morgan fingerprint density at radius 2 is 1.66 bits per heavy atom. The third-order valence-electron chi connectivity index (χ3n) is 6.71. The van der Waals surface area contributed by atoms with Crippen LogP contribution in [0.2, 0.25) is 0 Å². The third kappa shape index (κ3) is 3.43. The van der Waals surface area contributed by atoms with Crippen molar-refractivity contribution < 1.29 is 23.9 Å². The molecule has 7 nitrogen and oxygen atoms in total. The summed E-state index contributed by atoms with van der Waals surface area (Å²) in [4.78, 5) is 51.2. The second kappa shape index (κ2) is 7.61. The number of carbonyl (C=O) groups excluding carboxylic acids is 4. The van der Waals surface area contributed by atoms with Crippen LogP contribution in [0.5, 0.6) is 0 Å². The Morgan fingerprint density at radius 1 is 1.07 bits per heavy atom. The minimum atomic E-state index is -1.01. The average molecular weight is 398 g/mol. The highest BCUT2D eigenvalue weighted by molar-refractivity contribution is 6.08. The molecule has 1 aromatic carbocycles. The quantitative estimate of drug-likeness (QED) is 0.583. The highest BCUT2D eigenvalue weighted by Gasteiger charge is 2.62. The molecule has 6 atom stereocenters. The van der Waals surface area contributed by atoms with E-state index < -0.39 is 24.5 Å². The number of esters is 1. The summed E-state index contributed by atoms with van der Waals surface area (Å²) >= 11 is 0. The molecule has 3 amide bonds. The van der Waals surface area contributed by atoms with Crippen LogP contribution in [0.1, 0.15) is 44.7 Å². The Labute approximate surface area is 169 Å². The van der Waals surface area contributed by atoms with Gasteiger partial charge in [-0.15, -0.1) is 0 Å². The standard InChI is InChI=1S/C22H26N2O5/c1-12(14-6-4-3-5-7-14)23-17(25)11-29-22(28)13(2)24-20(26)18-15-8-9-16(10-15)19(18)21(24)27/h3-7,12-13,15-16,18-19H,8-11H2,1-2H3,(H,23,25)/t12-,13-,15-,16-,18-,19-/m0/s1. The molecule has 29 heavy (non-hydrogen) atoms. The molecule has 2 aliphatic carbocycles. The van der Waals surface area contributed by atoms with Gasteiger partial charge in [0.15, 0.2) is 6.61 Å². The molecule has 1 aliphatic heterocycles. The molecule has 3 fully saturated rings.